The van der Waals surface area contributed by atoms with E-state index in [0.717, 1.165) is 16.5 Å². The van der Waals surface area contributed by atoms with Crippen LogP contribution in [-0.2, 0) is 9.84 Å². The molecule has 0 amide bonds. The average molecular weight is 261 g/mol. The van der Waals surface area contributed by atoms with Crippen LogP contribution in [0.2, 0.25) is 0 Å². The first-order valence-electron chi connectivity index (χ1n) is 5.72. The summed E-state index contributed by atoms with van der Waals surface area (Å²) in [6.07, 6.45) is 3.39. The van der Waals surface area contributed by atoms with Gasteiger partial charge in [-0.15, -0.1) is 0 Å². The van der Waals surface area contributed by atoms with Crippen molar-refractivity contribution in [1.29, 1.82) is 0 Å². The molecule has 0 spiro atoms. The molecule has 4 heteroatoms. The molecule has 0 N–H and O–H groups in total. The Morgan fingerprint density at radius 3 is 2.61 bits per heavy atom. The summed E-state index contributed by atoms with van der Waals surface area (Å²) in [6, 6.07) is 6.84. The van der Waals surface area contributed by atoms with Crippen LogP contribution in [0.1, 0.15) is 19.4 Å². The zero-order valence-corrected chi connectivity index (χ0v) is 11.2. The fourth-order valence-electron chi connectivity index (χ4n) is 1.77. The van der Waals surface area contributed by atoms with E-state index in [1.807, 2.05) is 6.07 Å². The first kappa shape index (κ1) is 12.8. The zero-order chi connectivity index (χ0) is 13.3. The van der Waals surface area contributed by atoms with Gasteiger partial charge in [-0.1, -0.05) is 12.7 Å². The number of fused-ring (bicyclic) bond motifs is 1. The van der Waals surface area contributed by atoms with Crippen molar-refractivity contribution in [1.82, 2.24) is 4.98 Å². The summed E-state index contributed by atoms with van der Waals surface area (Å²) in [5.74, 6) is 0. The molecule has 0 bridgehead atoms. The molecule has 3 nitrogen and oxygen atoms in total. The second kappa shape index (κ2) is 4.53. The molecule has 94 valence electrons. The topological polar surface area (TPSA) is 47.0 Å². The largest absolute Gasteiger partial charge is 0.256 e. The minimum atomic E-state index is -3.26. The van der Waals surface area contributed by atoms with E-state index in [1.54, 1.807) is 44.3 Å². The number of hydrogen-bond acceptors (Lipinski definition) is 3. The Labute approximate surface area is 107 Å². The first-order valence-corrected chi connectivity index (χ1v) is 7.26. The van der Waals surface area contributed by atoms with E-state index in [9.17, 15) is 8.42 Å². The van der Waals surface area contributed by atoms with Crippen molar-refractivity contribution < 1.29 is 8.42 Å². The minimum Gasteiger partial charge on any atom is -0.256 e. The van der Waals surface area contributed by atoms with E-state index in [-0.39, 0.29) is 0 Å². The Hall–Kier alpha value is -1.68. The molecular formula is C14H15NO2S. The van der Waals surface area contributed by atoms with Crippen LogP contribution in [0, 0.1) is 0 Å². The van der Waals surface area contributed by atoms with Crippen molar-refractivity contribution in [2.24, 2.45) is 0 Å². The van der Waals surface area contributed by atoms with Crippen LogP contribution in [0.15, 0.2) is 41.9 Å². The molecule has 1 heterocycles. The molecule has 0 aliphatic carbocycles. The predicted octanol–water partition coefficient (Wildman–Crippen LogP) is 3.06. The van der Waals surface area contributed by atoms with E-state index in [1.165, 1.54) is 0 Å². The van der Waals surface area contributed by atoms with Gasteiger partial charge in [0.1, 0.15) is 0 Å². The van der Waals surface area contributed by atoms with Gasteiger partial charge in [-0.2, -0.15) is 0 Å². The van der Waals surface area contributed by atoms with Crippen LogP contribution in [0.25, 0.3) is 17.0 Å². The van der Waals surface area contributed by atoms with Gasteiger partial charge in [-0.25, -0.2) is 8.42 Å². The summed E-state index contributed by atoms with van der Waals surface area (Å²) in [7, 11) is -3.26. The molecule has 1 aromatic carbocycles. The van der Waals surface area contributed by atoms with Gasteiger partial charge >= 0.3 is 0 Å². The Morgan fingerprint density at radius 2 is 2.00 bits per heavy atom. The normalized spacial score (nSPS) is 11.9. The van der Waals surface area contributed by atoms with Crippen molar-refractivity contribution in [2.45, 2.75) is 24.0 Å². The molecule has 0 fully saturated rings. The summed E-state index contributed by atoms with van der Waals surface area (Å²) in [6.45, 7) is 7.09. The molecule has 0 radical (unpaired) electrons. The number of hydrogen-bond donors (Lipinski definition) is 0. The maximum Gasteiger partial charge on any atom is 0.180 e. The fraction of sp³-hybridized carbons (Fsp3) is 0.214. The Balaban J connectivity index is 2.75. The molecule has 0 saturated carbocycles. The quantitative estimate of drug-likeness (QED) is 0.853. The van der Waals surface area contributed by atoms with Gasteiger partial charge in [-0.3, -0.25) is 4.98 Å². The molecule has 0 unspecified atom stereocenters. The minimum absolute atomic E-state index is 0.334. The van der Waals surface area contributed by atoms with Crippen molar-refractivity contribution >= 4 is 26.8 Å². The summed E-state index contributed by atoms with van der Waals surface area (Å²) < 4.78 is 24.3. The maximum atomic E-state index is 12.1. The molecule has 0 aliphatic heterocycles. The highest BCUT2D eigenvalue weighted by Gasteiger charge is 2.19. The molecule has 1 aromatic heterocycles. The monoisotopic (exact) mass is 261 g/mol. The molecular weight excluding hydrogens is 246 g/mol. The van der Waals surface area contributed by atoms with Gasteiger partial charge in [0.05, 0.1) is 15.7 Å². The molecule has 0 atom stereocenters. The third-order valence-electron chi connectivity index (χ3n) is 2.92. The van der Waals surface area contributed by atoms with Gasteiger partial charge in [0.25, 0.3) is 0 Å². The Kier molecular flexibility index (Phi) is 3.22. The number of pyridine rings is 1. The van der Waals surface area contributed by atoms with Crippen molar-refractivity contribution in [3.05, 3.63) is 42.6 Å². The summed E-state index contributed by atoms with van der Waals surface area (Å²) in [4.78, 5) is 4.55. The average Bonchev–Trinajstić information content (AvgIpc) is 2.37. The standard InChI is InChI=1S/C14H15NO2S/c1-4-11-7-8-15-14-6-5-12(9-13(11)14)18(16,17)10(2)3/h4-10H,1H2,2-3H3. The second-order valence-electron chi connectivity index (χ2n) is 4.38. The van der Waals surface area contributed by atoms with E-state index in [0.29, 0.717) is 4.90 Å². The van der Waals surface area contributed by atoms with Gasteiger partial charge < -0.3 is 0 Å². The first-order chi connectivity index (χ1) is 8.46. The summed E-state index contributed by atoms with van der Waals surface area (Å²) >= 11 is 0. The zero-order valence-electron chi connectivity index (χ0n) is 10.4. The number of aromatic nitrogens is 1. The van der Waals surface area contributed by atoms with Gasteiger partial charge in [0, 0.05) is 11.6 Å². The van der Waals surface area contributed by atoms with E-state index in [4.69, 9.17) is 0 Å². The highest BCUT2D eigenvalue weighted by Crippen LogP contribution is 2.24. The predicted molar refractivity (Wildman–Crippen MR) is 74.2 cm³/mol. The number of benzene rings is 1. The molecule has 0 saturated heterocycles. The summed E-state index contributed by atoms with van der Waals surface area (Å²) in [5.41, 5.74) is 1.66. The van der Waals surface area contributed by atoms with Crippen LogP contribution >= 0.6 is 0 Å². The molecule has 18 heavy (non-hydrogen) atoms. The maximum absolute atomic E-state index is 12.1. The highest BCUT2D eigenvalue weighted by molar-refractivity contribution is 7.92. The van der Waals surface area contributed by atoms with E-state index in [2.05, 4.69) is 11.6 Å². The summed E-state index contributed by atoms with van der Waals surface area (Å²) in [5, 5.41) is 0.382. The van der Waals surface area contributed by atoms with E-state index < -0.39 is 15.1 Å². The smallest absolute Gasteiger partial charge is 0.180 e. The van der Waals surface area contributed by atoms with Crippen LogP contribution in [-0.4, -0.2) is 18.7 Å². The van der Waals surface area contributed by atoms with Crippen LogP contribution in [0.3, 0.4) is 0 Å². The van der Waals surface area contributed by atoms with Gasteiger partial charge in [-0.05, 0) is 43.7 Å². The van der Waals surface area contributed by atoms with Crippen LogP contribution in [0.4, 0.5) is 0 Å². The van der Waals surface area contributed by atoms with Crippen molar-refractivity contribution in [3.63, 3.8) is 0 Å². The van der Waals surface area contributed by atoms with Crippen molar-refractivity contribution in [3.8, 4) is 0 Å². The number of sulfone groups is 1. The Bertz CT molecular complexity index is 703. The van der Waals surface area contributed by atoms with Gasteiger partial charge in [0.2, 0.25) is 0 Å². The Morgan fingerprint density at radius 1 is 1.28 bits per heavy atom. The number of rotatable bonds is 3. The second-order valence-corrected chi connectivity index (χ2v) is 6.88. The number of nitrogens with zero attached hydrogens (tertiary/aromatic N) is 1. The molecule has 0 aliphatic rings. The third-order valence-corrected chi connectivity index (χ3v) is 5.07. The molecule has 2 aromatic rings. The van der Waals surface area contributed by atoms with Crippen LogP contribution in [0.5, 0.6) is 0 Å². The lowest BCUT2D eigenvalue weighted by Gasteiger charge is -2.09. The highest BCUT2D eigenvalue weighted by atomic mass is 32.2. The van der Waals surface area contributed by atoms with Crippen LogP contribution < -0.4 is 0 Å². The lowest BCUT2D eigenvalue weighted by atomic mass is 10.1. The lowest BCUT2D eigenvalue weighted by molar-refractivity contribution is 0.587. The third kappa shape index (κ3) is 2.04. The molecule has 2 rings (SSSR count). The lowest BCUT2D eigenvalue weighted by Crippen LogP contribution is -2.13. The SMILES string of the molecule is C=Cc1ccnc2ccc(S(=O)(=O)C(C)C)cc12. The van der Waals surface area contributed by atoms with Gasteiger partial charge in [0.15, 0.2) is 9.84 Å². The van der Waals surface area contributed by atoms with E-state index >= 15 is 0 Å². The fourth-order valence-corrected chi connectivity index (χ4v) is 2.86. The van der Waals surface area contributed by atoms with Crippen molar-refractivity contribution in [2.75, 3.05) is 0 Å².